The molecule has 0 amide bonds. The average Bonchev–Trinajstić information content (AvgIpc) is 2.62. The highest BCUT2D eigenvalue weighted by Crippen LogP contribution is 2.50. The molecule has 0 N–H and O–H groups in total. The van der Waals surface area contributed by atoms with E-state index in [0.717, 1.165) is 0 Å². The molecule has 38 heavy (non-hydrogen) atoms. The van der Waals surface area contributed by atoms with Gasteiger partial charge in [0.05, 0.1) is 0 Å². The Morgan fingerprint density at radius 1 is 0.605 bits per heavy atom. The van der Waals surface area contributed by atoms with E-state index < -0.39 is 18.1 Å². The first-order valence-corrected chi connectivity index (χ1v) is 20.2. The third kappa shape index (κ3) is 10.3. The minimum atomic E-state index is -1.63. The highest BCUT2D eigenvalue weighted by atomic mass is 31.1. The van der Waals surface area contributed by atoms with E-state index in [2.05, 4.69) is 153 Å². The van der Waals surface area contributed by atoms with Gasteiger partial charge >= 0.3 is 0 Å². The Labute approximate surface area is 243 Å². The lowest BCUT2D eigenvalue weighted by molar-refractivity contribution is -0.0337. The Bertz CT molecular complexity index is 790. The zero-order chi connectivity index (χ0) is 30.1. The summed E-state index contributed by atoms with van der Waals surface area (Å²) in [5, 5.41) is 1.25. The summed E-state index contributed by atoms with van der Waals surface area (Å²) in [5.41, 5.74) is 3.03. The number of hydrogen-bond acceptors (Lipinski definition) is 3. The van der Waals surface area contributed by atoms with Crippen molar-refractivity contribution in [3.8, 4) is 0 Å². The highest BCUT2D eigenvalue weighted by Gasteiger charge is 2.46. The van der Waals surface area contributed by atoms with Gasteiger partial charge in [-0.05, 0) is 63.3 Å². The minimum Gasteiger partial charge on any atom is -0.396 e. The molecule has 0 heterocycles. The van der Waals surface area contributed by atoms with Crippen LogP contribution in [0, 0.1) is 21.7 Å². The molecule has 3 unspecified atom stereocenters. The maximum Gasteiger partial charge on any atom is 0.181 e. The molecule has 0 fully saturated rings. The number of hydrogen-bond donors (Lipinski definition) is 0. The molecule has 1 rings (SSSR count). The summed E-state index contributed by atoms with van der Waals surface area (Å²) >= 11 is 0. The van der Waals surface area contributed by atoms with Gasteiger partial charge in [-0.3, -0.25) is 0 Å². The van der Waals surface area contributed by atoms with Gasteiger partial charge in [-0.2, -0.15) is 0 Å². The topological polar surface area (TPSA) is 21.7 Å². The maximum absolute atomic E-state index is 7.26. The second kappa shape index (κ2) is 12.8. The van der Waals surface area contributed by atoms with Crippen LogP contribution in [0.2, 0.25) is 24.2 Å². The molecule has 0 aromatic heterocycles. The Morgan fingerprint density at radius 3 is 1.18 bits per heavy atom. The van der Waals surface area contributed by atoms with Crippen LogP contribution in [0.3, 0.4) is 0 Å². The quantitative estimate of drug-likeness (QED) is 0.157. The molecule has 0 saturated carbocycles. The van der Waals surface area contributed by atoms with E-state index in [1.54, 1.807) is 0 Å². The van der Waals surface area contributed by atoms with Crippen LogP contribution < -0.4 is 10.2 Å². The van der Waals surface area contributed by atoms with E-state index in [0.29, 0.717) is 19.7 Å². The van der Waals surface area contributed by atoms with Crippen LogP contribution in [0.5, 0.6) is 0 Å². The van der Waals surface area contributed by atoms with Crippen molar-refractivity contribution in [2.24, 2.45) is 21.7 Å². The second-order valence-electron chi connectivity index (χ2n) is 16.7. The van der Waals surface area contributed by atoms with Crippen LogP contribution in [-0.2, 0) is 8.85 Å². The highest BCUT2D eigenvalue weighted by molar-refractivity contribution is 7.49. The third-order valence-electron chi connectivity index (χ3n) is 7.79. The summed E-state index contributed by atoms with van der Waals surface area (Å²) < 4.78 is 14.5. The molecule has 0 saturated heterocycles. The third-order valence-corrected chi connectivity index (χ3v) is 16.5. The molecule has 222 valence electrons. The number of nitrogens with zero attached hydrogens (tertiary/aromatic N) is 1. The van der Waals surface area contributed by atoms with Crippen molar-refractivity contribution in [1.82, 2.24) is 0 Å². The lowest BCUT2D eigenvalue weighted by Crippen LogP contribution is -2.50. The van der Waals surface area contributed by atoms with Crippen LogP contribution >= 0.6 is 8.58 Å². The molecule has 0 spiro atoms. The van der Waals surface area contributed by atoms with Crippen molar-refractivity contribution in [1.29, 1.82) is 0 Å². The molecule has 1 aromatic rings. The summed E-state index contributed by atoms with van der Waals surface area (Å²) in [7, 11) is 1.54. The minimum absolute atomic E-state index is 0.122. The van der Waals surface area contributed by atoms with E-state index in [4.69, 9.17) is 8.85 Å². The summed E-state index contributed by atoms with van der Waals surface area (Å²) in [4.78, 5) is 2.16. The molecule has 0 bridgehead atoms. The van der Waals surface area contributed by atoms with Crippen molar-refractivity contribution < 1.29 is 8.85 Å². The Kier molecular flexibility index (Phi) is 12.0. The Balaban J connectivity index is 3.47. The van der Waals surface area contributed by atoms with E-state index in [9.17, 15) is 0 Å². The van der Waals surface area contributed by atoms with E-state index in [1.807, 2.05) is 0 Å². The second-order valence-corrected chi connectivity index (χ2v) is 23.5. The van der Waals surface area contributed by atoms with Gasteiger partial charge in [0.25, 0.3) is 0 Å². The molecular formula is C32H64NO2PSi2. The smallest absolute Gasteiger partial charge is 0.181 e. The predicted octanol–water partition coefficient (Wildman–Crippen LogP) is 8.83. The molecular weight excluding hydrogens is 518 g/mol. The normalized spacial score (nSPS) is 16.9. The fourth-order valence-corrected chi connectivity index (χ4v) is 16.9. The van der Waals surface area contributed by atoms with Crippen molar-refractivity contribution in [3.05, 3.63) is 24.3 Å². The SMILES string of the molecule is CN(C)c1ccc(PC(C)(C)C(O[SiH](C)C(C(C)(C)C)C(C)(C)C)O[SiH](C)C(C(C)(C)C)C(C)(C)C)cc1. The van der Waals surface area contributed by atoms with Crippen LogP contribution in [0.1, 0.15) is 96.9 Å². The average molecular weight is 582 g/mol. The number of rotatable bonds is 10. The van der Waals surface area contributed by atoms with Crippen molar-refractivity contribution in [3.63, 3.8) is 0 Å². The summed E-state index contributed by atoms with van der Waals surface area (Å²) in [6.07, 6.45) is -0.197. The van der Waals surface area contributed by atoms with Crippen LogP contribution in [0.15, 0.2) is 24.3 Å². The Morgan fingerprint density at radius 2 is 0.921 bits per heavy atom. The molecule has 0 aliphatic heterocycles. The van der Waals surface area contributed by atoms with Gasteiger partial charge in [0.2, 0.25) is 0 Å². The van der Waals surface area contributed by atoms with E-state index in [-0.39, 0.29) is 33.1 Å². The zero-order valence-electron chi connectivity index (χ0n) is 28.5. The zero-order valence-corrected chi connectivity index (χ0v) is 31.8. The first kappa shape index (κ1) is 35.8. The molecule has 3 atom stereocenters. The number of benzene rings is 1. The van der Waals surface area contributed by atoms with Crippen molar-refractivity contribution in [2.75, 3.05) is 19.0 Å². The summed E-state index contributed by atoms with van der Waals surface area (Å²) in [6, 6.07) is 9.03. The molecule has 1 aromatic carbocycles. The van der Waals surface area contributed by atoms with Gasteiger partial charge in [0.15, 0.2) is 18.1 Å². The standard InChI is InChI=1S/C32H64NO2PSi2/c1-28(2,3)25(29(4,5)6)37(17)34-27(35-38(18)26(30(7,8)9)31(10,11)12)32(13,14)36-24-21-19-23(20-22-24)33(15)16/h19-22,25-27,36-38H,1-18H3. The Hall–Kier alpha value is -0.196. The number of anilines is 1. The maximum atomic E-state index is 7.26. The van der Waals surface area contributed by atoms with Gasteiger partial charge < -0.3 is 13.8 Å². The van der Waals surface area contributed by atoms with Crippen molar-refractivity contribution >= 4 is 37.7 Å². The van der Waals surface area contributed by atoms with Gasteiger partial charge in [-0.25, -0.2) is 0 Å². The van der Waals surface area contributed by atoms with Crippen LogP contribution in [0.25, 0.3) is 0 Å². The molecule has 0 radical (unpaired) electrons. The largest absolute Gasteiger partial charge is 0.396 e. The molecule has 3 nitrogen and oxygen atoms in total. The fraction of sp³-hybridized carbons (Fsp3) is 0.812. The molecule has 0 aliphatic carbocycles. The van der Waals surface area contributed by atoms with E-state index in [1.165, 1.54) is 11.0 Å². The van der Waals surface area contributed by atoms with Crippen LogP contribution in [0.4, 0.5) is 5.69 Å². The molecule has 6 heteroatoms. The van der Waals surface area contributed by atoms with Gasteiger partial charge in [0, 0.05) is 24.9 Å². The predicted molar refractivity (Wildman–Crippen MR) is 180 cm³/mol. The first-order chi connectivity index (χ1) is 16.8. The lowest BCUT2D eigenvalue weighted by atomic mass is 9.76. The van der Waals surface area contributed by atoms with Crippen molar-refractivity contribution in [2.45, 2.75) is 133 Å². The van der Waals surface area contributed by atoms with Gasteiger partial charge in [0.1, 0.15) is 6.29 Å². The van der Waals surface area contributed by atoms with Gasteiger partial charge in [-0.15, -0.1) is 0 Å². The van der Waals surface area contributed by atoms with E-state index >= 15 is 0 Å². The van der Waals surface area contributed by atoms with Gasteiger partial charge in [-0.1, -0.05) is 118 Å². The van der Waals surface area contributed by atoms with Crippen LogP contribution in [-0.4, -0.2) is 43.6 Å². The summed E-state index contributed by atoms with van der Waals surface area (Å²) in [5.74, 6) is 0. The summed E-state index contributed by atoms with van der Waals surface area (Å²) in [6.45, 7) is 38.2. The first-order valence-electron chi connectivity index (χ1n) is 14.6. The lowest BCUT2D eigenvalue weighted by Gasteiger charge is -2.48. The fourth-order valence-electron chi connectivity index (χ4n) is 7.61. The molecule has 0 aliphatic rings. The monoisotopic (exact) mass is 581 g/mol.